The van der Waals surface area contributed by atoms with Crippen LogP contribution >= 0.6 is 0 Å². The molecule has 66 valence electrons. The van der Waals surface area contributed by atoms with Gasteiger partial charge < -0.3 is 5.11 Å². The smallest absolute Gasteiger partial charge is 0.335 e. The van der Waals surface area contributed by atoms with Gasteiger partial charge in [-0.3, -0.25) is 0 Å². The number of carbonyl (C=O) groups is 1. The van der Waals surface area contributed by atoms with Crippen molar-refractivity contribution in [3.63, 3.8) is 0 Å². The molecule has 0 bridgehead atoms. The molecule has 2 heterocycles. The van der Waals surface area contributed by atoms with Gasteiger partial charge in [-0.1, -0.05) is 0 Å². The third kappa shape index (κ3) is 1.14. The Hall–Kier alpha value is -1.91. The van der Waals surface area contributed by atoms with Crippen LogP contribution in [0.4, 0.5) is 4.39 Å². The van der Waals surface area contributed by atoms with E-state index in [9.17, 15) is 9.18 Å². The summed E-state index contributed by atoms with van der Waals surface area (Å²) >= 11 is 0. The monoisotopic (exact) mass is 180 g/mol. The molecule has 1 N–H and O–H groups in total. The zero-order valence-corrected chi connectivity index (χ0v) is 6.44. The largest absolute Gasteiger partial charge is 0.478 e. The van der Waals surface area contributed by atoms with Crippen LogP contribution in [0.3, 0.4) is 0 Å². The van der Waals surface area contributed by atoms with E-state index in [1.807, 2.05) is 0 Å². The van der Waals surface area contributed by atoms with E-state index < -0.39 is 11.8 Å². The van der Waals surface area contributed by atoms with E-state index in [2.05, 4.69) is 5.10 Å². The number of aromatic carboxylic acids is 1. The summed E-state index contributed by atoms with van der Waals surface area (Å²) in [5, 5.41) is 12.3. The number of fused-ring (bicyclic) bond motifs is 1. The fourth-order valence-corrected chi connectivity index (χ4v) is 1.08. The summed E-state index contributed by atoms with van der Waals surface area (Å²) in [6.07, 6.45) is 2.45. The highest BCUT2D eigenvalue weighted by Gasteiger charge is 2.07. The molecule has 4 nitrogen and oxygen atoms in total. The van der Waals surface area contributed by atoms with E-state index in [0.29, 0.717) is 0 Å². The molecule has 2 aromatic rings. The van der Waals surface area contributed by atoms with E-state index >= 15 is 0 Å². The van der Waals surface area contributed by atoms with Gasteiger partial charge in [0.05, 0.1) is 11.8 Å². The van der Waals surface area contributed by atoms with E-state index in [4.69, 9.17) is 5.11 Å². The van der Waals surface area contributed by atoms with Gasteiger partial charge >= 0.3 is 5.97 Å². The van der Waals surface area contributed by atoms with Gasteiger partial charge in [0.25, 0.3) is 0 Å². The van der Waals surface area contributed by atoms with Gasteiger partial charge in [0.2, 0.25) is 0 Å². The first-order chi connectivity index (χ1) is 6.18. The molecule has 0 aliphatic rings. The molecule has 0 atom stereocenters. The van der Waals surface area contributed by atoms with Crippen LogP contribution in [-0.4, -0.2) is 20.7 Å². The second-order valence-corrected chi connectivity index (χ2v) is 2.54. The first-order valence-electron chi connectivity index (χ1n) is 3.54. The van der Waals surface area contributed by atoms with Crippen LogP contribution in [0.2, 0.25) is 0 Å². The van der Waals surface area contributed by atoms with E-state index in [1.54, 1.807) is 0 Å². The zero-order chi connectivity index (χ0) is 9.42. The Balaban J connectivity index is 2.72. The summed E-state index contributed by atoms with van der Waals surface area (Å²) in [6.45, 7) is 0. The summed E-state index contributed by atoms with van der Waals surface area (Å²) in [6, 6.07) is 2.60. The number of carboxylic acids is 1. The fourth-order valence-electron chi connectivity index (χ4n) is 1.08. The number of hydrogen-bond acceptors (Lipinski definition) is 2. The molecular weight excluding hydrogens is 175 g/mol. The molecule has 2 rings (SSSR count). The SMILES string of the molecule is O=C(O)c1ccn2ncc(F)c2c1. The lowest BCUT2D eigenvalue weighted by Gasteiger charge is -1.95. The second kappa shape index (κ2) is 2.55. The Morgan fingerprint density at radius 1 is 1.62 bits per heavy atom. The van der Waals surface area contributed by atoms with Crippen LogP contribution in [0.15, 0.2) is 24.5 Å². The third-order valence-corrected chi connectivity index (χ3v) is 1.72. The van der Waals surface area contributed by atoms with Gasteiger partial charge in [0.15, 0.2) is 5.82 Å². The summed E-state index contributed by atoms with van der Waals surface area (Å²) in [5.41, 5.74) is 0.215. The molecular formula is C8H5FN2O2. The molecule has 0 amide bonds. The number of pyridine rings is 1. The average molecular weight is 180 g/mol. The predicted octanol–water partition coefficient (Wildman–Crippen LogP) is 1.17. The first-order valence-corrected chi connectivity index (χ1v) is 3.54. The van der Waals surface area contributed by atoms with Crippen molar-refractivity contribution in [2.24, 2.45) is 0 Å². The van der Waals surface area contributed by atoms with Gasteiger partial charge in [-0.2, -0.15) is 5.10 Å². The van der Waals surface area contributed by atoms with Crippen molar-refractivity contribution in [2.75, 3.05) is 0 Å². The van der Waals surface area contributed by atoms with E-state index in [-0.39, 0.29) is 11.1 Å². The van der Waals surface area contributed by atoms with Crippen molar-refractivity contribution < 1.29 is 14.3 Å². The van der Waals surface area contributed by atoms with Crippen molar-refractivity contribution >= 4 is 11.5 Å². The van der Waals surface area contributed by atoms with Crippen molar-refractivity contribution in [1.82, 2.24) is 9.61 Å². The van der Waals surface area contributed by atoms with Crippen LogP contribution < -0.4 is 0 Å². The van der Waals surface area contributed by atoms with Crippen LogP contribution in [0.25, 0.3) is 5.52 Å². The topological polar surface area (TPSA) is 54.6 Å². The molecule has 0 radical (unpaired) electrons. The zero-order valence-electron chi connectivity index (χ0n) is 6.44. The first kappa shape index (κ1) is 7.72. The Bertz CT molecular complexity index is 478. The van der Waals surface area contributed by atoms with Crippen molar-refractivity contribution in [2.45, 2.75) is 0 Å². The molecule has 0 fully saturated rings. The quantitative estimate of drug-likeness (QED) is 0.716. The Kier molecular flexibility index (Phi) is 1.51. The molecule has 2 aromatic heterocycles. The van der Waals surface area contributed by atoms with Crippen LogP contribution in [0, 0.1) is 5.82 Å². The summed E-state index contributed by atoms with van der Waals surface area (Å²) in [5.74, 6) is -1.61. The lowest BCUT2D eigenvalue weighted by atomic mass is 10.2. The third-order valence-electron chi connectivity index (χ3n) is 1.72. The van der Waals surface area contributed by atoms with Crippen LogP contribution in [-0.2, 0) is 0 Å². The Labute approximate surface area is 72.2 Å². The maximum atomic E-state index is 12.9. The molecule has 0 unspecified atom stereocenters. The van der Waals surface area contributed by atoms with Crippen LogP contribution in [0.5, 0.6) is 0 Å². The molecule has 0 aromatic carbocycles. The number of carboxylic acid groups (broad SMARTS) is 1. The van der Waals surface area contributed by atoms with E-state index in [0.717, 1.165) is 6.20 Å². The number of rotatable bonds is 1. The number of nitrogens with zero attached hydrogens (tertiary/aromatic N) is 2. The fraction of sp³-hybridized carbons (Fsp3) is 0. The van der Waals surface area contributed by atoms with Crippen molar-refractivity contribution in [1.29, 1.82) is 0 Å². The second-order valence-electron chi connectivity index (χ2n) is 2.54. The lowest BCUT2D eigenvalue weighted by molar-refractivity contribution is 0.0697. The number of hydrogen-bond donors (Lipinski definition) is 1. The highest BCUT2D eigenvalue weighted by atomic mass is 19.1. The van der Waals surface area contributed by atoms with Gasteiger partial charge in [0, 0.05) is 6.20 Å². The average Bonchev–Trinajstić information content (AvgIpc) is 2.47. The predicted molar refractivity (Wildman–Crippen MR) is 42.1 cm³/mol. The van der Waals surface area contributed by atoms with E-state index in [1.165, 1.54) is 22.8 Å². The highest BCUT2D eigenvalue weighted by molar-refractivity contribution is 5.88. The number of halogens is 1. The minimum atomic E-state index is -1.08. The van der Waals surface area contributed by atoms with Gasteiger partial charge in [0.1, 0.15) is 5.52 Å². The Morgan fingerprint density at radius 2 is 2.38 bits per heavy atom. The highest BCUT2D eigenvalue weighted by Crippen LogP contribution is 2.10. The number of aromatic nitrogens is 2. The normalized spacial score (nSPS) is 10.5. The molecule has 0 saturated carbocycles. The summed E-state index contributed by atoms with van der Waals surface area (Å²) in [4.78, 5) is 10.5. The van der Waals surface area contributed by atoms with Crippen molar-refractivity contribution in [3.05, 3.63) is 35.9 Å². The molecule has 0 aliphatic heterocycles. The van der Waals surface area contributed by atoms with Crippen LogP contribution in [0.1, 0.15) is 10.4 Å². The standard InChI is InChI=1S/C8H5FN2O2/c9-6-4-10-11-2-1-5(8(12)13)3-7(6)11/h1-4H,(H,12,13). The van der Waals surface area contributed by atoms with Gasteiger partial charge in [-0.05, 0) is 12.1 Å². The minimum Gasteiger partial charge on any atom is -0.478 e. The minimum absolute atomic E-state index is 0.0481. The molecule has 0 aliphatic carbocycles. The molecule has 0 spiro atoms. The molecule has 13 heavy (non-hydrogen) atoms. The van der Waals surface area contributed by atoms with Crippen molar-refractivity contribution in [3.8, 4) is 0 Å². The van der Waals surface area contributed by atoms with Gasteiger partial charge in [-0.15, -0.1) is 0 Å². The molecule has 0 saturated heterocycles. The summed E-state index contributed by atoms with van der Waals surface area (Å²) < 4.78 is 14.2. The maximum Gasteiger partial charge on any atom is 0.335 e. The maximum absolute atomic E-state index is 12.9. The summed E-state index contributed by atoms with van der Waals surface area (Å²) in [7, 11) is 0. The molecule has 5 heteroatoms. The van der Waals surface area contributed by atoms with Gasteiger partial charge in [-0.25, -0.2) is 13.7 Å². The lowest BCUT2D eigenvalue weighted by Crippen LogP contribution is -1.97. The Morgan fingerprint density at radius 3 is 3.08 bits per heavy atom.